The molecular weight excluding hydrogens is 304 g/mol. The fourth-order valence-electron chi connectivity index (χ4n) is 3.05. The molecule has 0 aromatic heterocycles. The van der Waals surface area contributed by atoms with E-state index in [2.05, 4.69) is 5.32 Å². The summed E-state index contributed by atoms with van der Waals surface area (Å²) >= 11 is 0. The largest absolute Gasteiger partial charge is 0.497 e. The van der Waals surface area contributed by atoms with Gasteiger partial charge in [0.15, 0.2) is 0 Å². The zero-order chi connectivity index (χ0) is 17.1. The number of rotatable bonds is 4. The second kappa shape index (κ2) is 6.74. The number of fused-ring (bicyclic) bond motifs is 1. The van der Waals surface area contributed by atoms with Gasteiger partial charge < -0.3 is 15.0 Å². The number of nitrogens with one attached hydrogen (secondary N) is 1. The van der Waals surface area contributed by atoms with Crippen molar-refractivity contribution in [2.75, 3.05) is 18.6 Å². The maximum atomic E-state index is 12.6. The number of methoxy groups -OCH3 is 1. The molecular formula is C19H20N2O3. The van der Waals surface area contributed by atoms with Gasteiger partial charge >= 0.3 is 0 Å². The van der Waals surface area contributed by atoms with Gasteiger partial charge in [-0.1, -0.05) is 24.3 Å². The number of carbonyl (C=O) groups is 2. The molecule has 5 heteroatoms. The van der Waals surface area contributed by atoms with Crippen LogP contribution in [-0.4, -0.2) is 31.5 Å². The Bertz CT molecular complexity index is 773. The van der Waals surface area contributed by atoms with Crippen LogP contribution in [0.2, 0.25) is 0 Å². The number of amides is 2. The zero-order valence-corrected chi connectivity index (χ0v) is 13.8. The Morgan fingerprint density at radius 3 is 2.79 bits per heavy atom. The molecule has 2 aromatic carbocycles. The lowest BCUT2D eigenvalue weighted by molar-refractivity contribution is -0.118. The van der Waals surface area contributed by atoms with Gasteiger partial charge in [0.1, 0.15) is 5.75 Å². The molecule has 1 heterocycles. The molecule has 0 saturated carbocycles. The van der Waals surface area contributed by atoms with E-state index in [-0.39, 0.29) is 24.4 Å². The first kappa shape index (κ1) is 16.1. The van der Waals surface area contributed by atoms with Crippen LogP contribution in [-0.2, 0) is 11.2 Å². The summed E-state index contributed by atoms with van der Waals surface area (Å²) < 4.78 is 5.11. The summed E-state index contributed by atoms with van der Waals surface area (Å²) in [7, 11) is 1.55. The van der Waals surface area contributed by atoms with Gasteiger partial charge in [-0.15, -0.1) is 0 Å². The van der Waals surface area contributed by atoms with Crippen molar-refractivity contribution in [1.29, 1.82) is 0 Å². The van der Waals surface area contributed by atoms with E-state index >= 15 is 0 Å². The summed E-state index contributed by atoms with van der Waals surface area (Å²) in [6.07, 6.45) is 0.839. The van der Waals surface area contributed by atoms with Gasteiger partial charge in [-0.05, 0) is 43.2 Å². The number of anilines is 1. The minimum absolute atomic E-state index is 0.0330. The second-order valence-corrected chi connectivity index (χ2v) is 5.86. The minimum atomic E-state index is -0.289. The number of para-hydroxylation sites is 1. The number of ether oxygens (including phenoxy) is 1. The number of hydrogen-bond acceptors (Lipinski definition) is 3. The van der Waals surface area contributed by atoms with E-state index in [0.717, 1.165) is 17.7 Å². The number of nitrogens with zero attached hydrogens (tertiary/aromatic N) is 1. The third-order valence-electron chi connectivity index (χ3n) is 4.21. The lowest BCUT2D eigenvalue weighted by atomic mass is 10.1. The van der Waals surface area contributed by atoms with Gasteiger partial charge in [0, 0.05) is 17.3 Å². The van der Waals surface area contributed by atoms with Crippen molar-refractivity contribution in [3.63, 3.8) is 0 Å². The Morgan fingerprint density at radius 1 is 1.21 bits per heavy atom. The Balaban J connectivity index is 1.66. The molecule has 1 N–H and O–H groups in total. The summed E-state index contributed by atoms with van der Waals surface area (Å²) in [5, 5.41) is 2.69. The predicted octanol–water partition coefficient (Wildman–Crippen LogP) is 2.40. The first-order valence-electron chi connectivity index (χ1n) is 7.92. The van der Waals surface area contributed by atoms with Crippen LogP contribution < -0.4 is 15.0 Å². The quantitative estimate of drug-likeness (QED) is 0.939. The van der Waals surface area contributed by atoms with Crippen molar-refractivity contribution >= 4 is 17.5 Å². The molecule has 0 aliphatic carbocycles. The molecule has 0 saturated heterocycles. The molecule has 124 valence electrons. The van der Waals surface area contributed by atoms with E-state index in [0.29, 0.717) is 11.3 Å². The molecule has 2 aromatic rings. The monoisotopic (exact) mass is 324 g/mol. The smallest absolute Gasteiger partial charge is 0.251 e. The number of carbonyl (C=O) groups excluding carboxylic acids is 2. The van der Waals surface area contributed by atoms with Crippen LogP contribution >= 0.6 is 0 Å². The molecule has 2 amide bonds. The number of benzene rings is 2. The minimum Gasteiger partial charge on any atom is -0.497 e. The maximum Gasteiger partial charge on any atom is 0.251 e. The van der Waals surface area contributed by atoms with E-state index in [1.165, 1.54) is 0 Å². The van der Waals surface area contributed by atoms with Gasteiger partial charge in [0.2, 0.25) is 5.91 Å². The van der Waals surface area contributed by atoms with E-state index in [1.54, 1.807) is 36.3 Å². The fraction of sp³-hybridized carbons (Fsp3) is 0.263. The van der Waals surface area contributed by atoms with Crippen LogP contribution in [0.3, 0.4) is 0 Å². The van der Waals surface area contributed by atoms with Crippen LogP contribution in [0.4, 0.5) is 5.69 Å². The molecule has 3 rings (SSSR count). The summed E-state index contributed by atoms with van der Waals surface area (Å²) in [6, 6.07) is 14.8. The Hall–Kier alpha value is -2.82. The van der Waals surface area contributed by atoms with Gasteiger partial charge in [0.05, 0.1) is 13.7 Å². The van der Waals surface area contributed by atoms with Crippen LogP contribution in [0, 0.1) is 0 Å². The van der Waals surface area contributed by atoms with Crippen LogP contribution in [0.5, 0.6) is 5.75 Å². The fourth-order valence-corrected chi connectivity index (χ4v) is 3.05. The molecule has 1 unspecified atom stereocenters. The van der Waals surface area contributed by atoms with E-state index in [1.807, 2.05) is 31.2 Å². The van der Waals surface area contributed by atoms with E-state index in [4.69, 9.17) is 4.74 Å². The Labute approximate surface area is 141 Å². The topological polar surface area (TPSA) is 58.6 Å². The summed E-state index contributed by atoms with van der Waals surface area (Å²) in [5.41, 5.74) is 2.57. The van der Waals surface area contributed by atoms with Crippen LogP contribution in [0.1, 0.15) is 22.8 Å². The van der Waals surface area contributed by atoms with Gasteiger partial charge in [-0.3, -0.25) is 9.59 Å². The van der Waals surface area contributed by atoms with Crippen molar-refractivity contribution in [1.82, 2.24) is 5.32 Å². The van der Waals surface area contributed by atoms with Crippen molar-refractivity contribution in [2.45, 2.75) is 19.4 Å². The molecule has 0 fully saturated rings. The average molecular weight is 324 g/mol. The molecule has 0 bridgehead atoms. The highest BCUT2D eigenvalue weighted by Crippen LogP contribution is 2.31. The highest BCUT2D eigenvalue weighted by Gasteiger charge is 2.30. The highest BCUT2D eigenvalue weighted by atomic mass is 16.5. The molecule has 1 aliphatic rings. The molecule has 1 atom stereocenters. The van der Waals surface area contributed by atoms with Crippen molar-refractivity contribution in [3.8, 4) is 5.75 Å². The third-order valence-corrected chi connectivity index (χ3v) is 4.21. The SMILES string of the molecule is COc1cccc(C(=O)NCC(=O)N2c3ccccc3CC2C)c1. The van der Waals surface area contributed by atoms with E-state index in [9.17, 15) is 9.59 Å². The lowest BCUT2D eigenvalue weighted by Gasteiger charge is -2.23. The van der Waals surface area contributed by atoms with Crippen molar-refractivity contribution in [3.05, 3.63) is 59.7 Å². The van der Waals surface area contributed by atoms with Crippen molar-refractivity contribution in [2.24, 2.45) is 0 Å². The molecule has 1 aliphatic heterocycles. The summed E-state index contributed by atoms with van der Waals surface area (Å²) in [6.45, 7) is 1.98. The van der Waals surface area contributed by atoms with Crippen LogP contribution in [0.15, 0.2) is 48.5 Å². The number of hydrogen-bond donors (Lipinski definition) is 1. The summed E-state index contributed by atoms with van der Waals surface area (Å²) in [4.78, 5) is 26.6. The first-order chi connectivity index (χ1) is 11.6. The molecule has 24 heavy (non-hydrogen) atoms. The highest BCUT2D eigenvalue weighted by molar-refractivity contribution is 6.01. The Morgan fingerprint density at radius 2 is 2.00 bits per heavy atom. The predicted molar refractivity (Wildman–Crippen MR) is 92.4 cm³/mol. The van der Waals surface area contributed by atoms with Crippen LogP contribution in [0.25, 0.3) is 0 Å². The normalized spacial score (nSPS) is 15.8. The van der Waals surface area contributed by atoms with Gasteiger partial charge in [-0.25, -0.2) is 0 Å². The third kappa shape index (κ3) is 3.11. The maximum absolute atomic E-state index is 12.6. The van der Waals surface area contributed by atoms with E-state index < -0.39 is 0 Å². The van der Waals surface area contributed by atoms with Gasteiger partial charge in [-0.2, -0.15) is 0 Å². The standard InChI is InChI=1S/C19H20N2O3/c1-13-10-14-6-3-4-9-17(14)21(13)18(22)12-20-19(23)15-7-5-8-16(11-15)24-2/h3-9,11,13H,10,12H2,1-2H3,(H,20,23). The average Bonchev–Trinajstić information content (AvgIpc) is 2.95. The van der Waals surface area contributed by atoms with Crippen molar-refractivity contribution < 1.29 is 14.3 Å². The molecule has 0 spiro atoms. The molecule has 5 nitrogen and oxygen atoms in total. The lowest BCUT2D eigenvalue weighted by Crippen LogP contribution is -2.43. The van der Waals surface area contributed by atoms with Gasteiger partial charge in [0.25, 0.3) is 5.91 Å². The zero-order valence-electron chi connectivity index (χ0n) is 13.8. The Kier molecular flexibility index (Phi) is 4.51. The first-order valence-corrected chi connectivity index (χ1v) is 7.92. The summed E-state index contributed by atoms with van der Waals surface area (Å²) in [5.74, 6) is 0.210. The molecule has 0 radical (unpaired) electrons. The second-order valence-electron chi connectivity index (χ2n) is 5.86.